The van der Waals surface area contributed by atoms with Crippen molar-refractivity contribution >= 4 is 34.2 Å². The highest BCUT2D eigenvalue weighted by Gasteiger charge is 2.33. The number of fused-ring (bicyclic) bond motifs is 1. The van der Waals surface area contributed by atoms with Crippen LogP contribution in [0, 0.1) is 0 Å². The van der Waals surface area contributed by atoms with Crippen molar-refractivity contribution in [1.82, 2.24) is 9.97 Å². The number of nitrogens with one attached hydrogen (secondary N) is 1. The molecule has 0 aliphatic carbocycles. The van der Waals surface area contributed by atoms with Gasteiger partial charge < -0.3 is 14.8 Å². The summed E-state index contributed by atoms with van der Waals surface area (Å²) in [7, 11) is 0. The van der Waals surface area contributed by atoms with Crippen molar-refractivity contribution in [1.29, 1.82) is 0 Å². The quantitative estimate of drug-likeness (QED) is 0.342. The summed E-state index contributed by atoms with van der Waals surface area (Å²) in [6.45, 7) is 1.50. The van der Waals surface area contributed by atoms with E-state index in [2.05, 4.69) is 15.3 Å². The van der Waals surface area contributed by atoms with E-state index in [0.29, 0.717) is 5.69 Å². The Hall–Kier alpha value is -3.92. The highest BCUT2D eigenvalue weighted by molar-refractivity contribution is 6.29. The Morgan fingerprint density at radius 2 is 1.94 bits per heavy atom. The molecule has 7 nitrogen and oxygen atoms in total. The second-order valence-corrected chi connectivity index (χ2v) is 7.72. The number of nitrogens with zero attached hydrogens (tertiary/aromatic N) is 2. The smallest absolute Gasteiger partial charge is 0.416 e. The molecule has 1 atom stereocenters. The molecule has 1 aromatic carbocycles. The SMILES string of the molecule is C[C@@H](Nc1ccc(Cl)nc1C(=O)O)c1cc(C(F)(F)F)cc2c(=O)cc(-c3ccccn3)oc12. The van der Waals surface area contributed by atoms with Crippen molar-refractivity contribution in [2.45, 2.75) is 19.1 Å². The van der Waals surface area contributed by atoms with E-state index < -0.39 is 34.9 Å². The molecule has 0 aliphatic heterocycles. The van der Waals surface area contributed by atoms with Crippen molar-refractivity contribution in [3.05, 3.63) is 86.9 Å². The minimum absolute atomic E-state index is 0.00834. The maximum atomic E-state index is 13.6. The number of anilines is 1. The number of carbonyl (C=O) groups is 1. The summed E-state index contributed by atoms with van der Waals surface area (Å²) in [5.41, 5.74) is -1.88. The van der Waals surface area contributed by atoms with Gasteiger partial charge in [-0.25, -0.2) is 9.78 Å². The number of pyridine rings is 2. The van der Waals surface area contributed by atoms with Gasteiger partial charge in [0.2, 0.25) is 0 Å². The fourth-order valence-corrected chi connectivity index (χ4v) is 3.58. The van der Waals surface area contributed by atoms with Gasteiger partial charge in [-0.05, 0) is 43.3 Å². The Balaban J connectivity index is 1.92. The predicted molar refractivity (Wildman–Crippen MR) is 119 cm³/mol. The van der Waals surface area contributed by atoms with Gasteiger partial charge in [0.15, 0.2) is 16.9 Å². The molecule has 174 valence electrons. The molecule has 4 rings (SSSR count). The molecule has 4 aromatic rings. The molecular formula is C23H15ClF3N3O4. The Bertz CT molecular complexity index is 1460. The fraction of sp³-hybridized carbons (Fsp3) is 0.130. The van der Waals surface area contributed by atoms with E-state index in [1.54, 1.807) is 18.2 Å². The number of hydrogen-bond donors (Lipinski definition) is 2. The molecule has 0 saturated heterocycles. The fourth-order valence-electron chi connectivity index (χ4n) is 3.43. The Morgan fingerprint density at radius 3 is 2.59 bits per heavy atom. The van der Waals surface area contributed by atoms with E-state index in [-0.39, 0.29) is 33.1 Å². The summed E-state index contributed by atoms with van der Waals surface area (Å²) in [4.78, 5) is 32.2. The van der Waals surface area contributed by atoms with Crippen LogP contribution in [0.2, 0.25) is 5.15 Å². The largest absolute Gasteiger partial charge is 0.476 e. The molecule has 0 unspecified atom stereocenters. The number of halogens is 4. The normalized spacial score (nSPS) is 12.5. The summed E-state index contributed by atoms with van der Waals surface area (Å²) < 4.78 is 46.7. The van der Waals surface area contributed by atoms with E-state index in [1.165, 1.54) is 25.3 Å². The topological polar surface area (TPSA) is 105 Å². The van der Waals surface area contributed by atoms with Gasteiger partial charge in [-0.1, -0.05) is 17.7 Å². The number of aromatic nitrogens is 2. The van der Waals surface area contributed by atoms with E-state index in [0.717, 1.165) is 18.2 Å². The molecule has 34 heavy (non-hydrogen) atoms. The van der Waals surface area contributed by atoms with Crippen LogP contribution < -0.4 is 10.7 Å². The van der Waals surface area contributed by atoms with Gasteiger partial charge in [0, 0.05) is 17.8 Å². The summed E-state index contributed by atoms with van der Waals surface area (Å²) in [5.74, 6) is -1.30. The van der Waals surface area contributed by atoms with Crippen LogP contribution in [0.25, 0.3) is 22.4 Å². The molecule has 2 N–H and O–H groups in total. The number of carboxylic acids is 1. The lowest BCUT2D eigenvalue weighted by Gasteiger charge is -2.20. The van der Waals surface area contributed by atoms with Crippen molar-refractivity contribution in [3.63, 3.8) is 0 Å². The second-order valence-electron chi connectivity index (χ2n) is 7.33. The lowest BCUT2D eigenvalue weighted by atomic mass is 9.99. The average molecular weight is 490 g/mol. The molecule has 0 fully saturated rings. The zero-order valence-corrected chi connectivity index (χ0v) is 18.1. The van der Waals surface area contributed by atoms with Crippen LogP contribution in [-0.4, -0.2) is 21.0 Å². The van der Waals surface area contributed by atoms with Crippen LogP contribution in [0.15, 0.2) is 63.9 Å². The zero-order valence-electron chi connectivity index (χ0n) is 17.4. The third-order valence-corrected chi connectivity index (χ3v) is 5.21. The van der Waals surface area contributed by atoms with Gasteiger partial charge in [0.05, 0.1) is 22.7 Å². The molecule has 0 spiro atoms. The third kappa shape index (κ3) is 4.58. The van der Waals surface area contributed by atoms with Crippen molar-refractivity contribution in [2.75, 3.05) is 5.32 Å². The Labute approximate surface area is 194 Å². The number of benzene rings is 1. The van der Waals surface area contributed by atoms with Gasteiger partial charge >= 0.3 is 12.1 Å². The van der Waals surface area contributed by atoms with E-state index in [1.807, 2.05) is 0 Å². The standard InChI is InChI=1S/C23H15ClF3N3O4/c1-11(29-16-5-6-19(24)30-20(16)22(32)33)13-8-12(23(25,26)27)9-14-17(31)10-18(34-21(13)14)15-4-2-3-7-28-15/h2-11,29H,1H3,(H,32,33)/t11-/m1/s1. The first-order valence-corrected chi connectivity index (χ1v) is 10.2. The maximum Gasteiger partial charge on any atom is 0.416 e. The molecule has 0 bridgehead atoms. The third-order valence-electron chi connectivity index (χ3n) is 5.00. The Kier molecular flexibility index (Phi) is 6.01. The molecule has 0 aliphatic rings. The van der Waals surface area contributed by atoms with E-state index >= 15 is 0 Å². The van der Waals surface area contributed by atoms with E-state index in [9.17, 15) is 27.9 Å². The number of hydrogen-bond acceptors (Lipinski definition) is 6. The van der Waals surface area contributed by atoms with Crippen molar-refractivity contribution < 1.29 is 27.5 Å². The van der Waals surface area contributed by atoms with Gasteiger partial charge in [-0.2, -0.15) is 13.2 Å². The van der Waals surface area contributed by atoms with Crippen LogP contribution in [0.5, 0.6) is 0 Å². The molecule has 0 saturated carbocycles. The van der Waals surface area contributed by atoms with Crippen LogP contribution in [0.3, 0.4) is 0 Å². The second kappa shape index (κ2) is 8.79. The first kappa shape index (κ1) is 23.2. The van der Waals surface area contributed by atoms with Crippen molar-refractivity contribution in [3.8, 4) is 11.5 Å². The zero-order chi connectivity index (χ0) is 24.6. The molecule has 3 heterocycles. The monoisotopic (exact) mass is 489 g/mol. The summed E-state index contributed by atoms with van der Waals surface area (Å²) in [6, 6.07) is 9.36. The molecule has 11 heteroatoms. The number of alkyl halides is 3. The molecule has 3 aromatic heterocycles. The number of carboxylic acid groups (broad SMARTS) is 1. The van der Waals surface area contributed by atoms with Crippen LogP contribution in [-0.2, 0) is 6.18 Å². The van der Waals surface area contributed by atoms with E-state index in [4.69, 9.17) is 16.0 Å². The Morgan fingerprint density at radius 1 is 1.18 bits per heavy atom. The summed E-state index contributed by atoms with van der Waals surface area (Å²) in [5, 5.41) is 11.9. The molecule has 0 amide bonds. The van der Waals surface area contributed by atoms with Crippen LogP contribution in [0.1, 0.15) is 34.6 Å². The predicted octanol–water partition coefficient (Wildman–Crippen LogP) is 5.79. The lowest BCUT2D eigenvalue weighted by molar-refractivity contribution is -0.137. The highest BCUT2D eigenvalue weighted by atomic mass is 35.5. The van der Waals surface area contributed by atoms with Gasteiger partial charge in [0.1, 0.15) is 16.4 Å². The molecular weight excluding hydrogens is 475 g/mol. The summed E-state index contributed by atoms with van der Waals surface area (Å²) in [6.07, 6.45) is -3.25. The maximum absolute atomic E-state index is 13.6. The summed E-state index contributed by atoms with van der Waals surface area (Å²) >= 11 is 5.77. The minimum Gasteiger partial charge on any atom is -0.476 e. The average Bonchev–Trinajstić information content (AvgIpc) is 2.79. The molecule has 0 radical (unpaired) electrons. The number of aromatic carboxylic acids is 1. The number of rotatable bonds is 5. The highest BCUT2D eigenvalue weighted by Crippen LogP contribution is 2.36. The van der Waals surface area contributed by atoms with Gasteiger partial charge in [-0.15, -0.1) is 0 Å². The first-order valence-electron chi connectivity index (χ1n) is 9.81. The van der Waals surface area contributed by atoms with Crippen LogP contribution in [0.4, 0.5) is 18.9 Å². The first-order chi connectivity index (χ1) is 16.0. The lowest BCUT2D eigenvalue weighted by Crippen LogP contribution is -2.15. The minimum atomic E-state index is -4.73. The van der Waals surface area contributed by atoms with Crippen molar-refractivity contribution in [2.24, 2.45) is 0 Å². The van der Waals surface area contributed by atoms with Crippen LogP contribution >= 0.6 is 11.6 Å². The van der Waals surface area contributed by atoms with Gasteiger partial charge in [0.25, 0.3) is 0 Å². The van der Waals surface area contributed by atoms with Gasteiger partial charge in [-0.3, -0.25) is 9.78 Å².